The van der Waals surface area contributed by atoms with E-state index in [2.05, 4.69) is 252 Å². The summed E-state index contributed by atoms with van der Waals surface area (Å²) in [5, 5.41) is 4.96. The Kier molecular flexibility index (Phi) is 6.98. The highest BCUT2D eigenvalue weighted by molar-refractivity contribution is 6.13. The molecule has 3 aliphatic carbocycles. The number of para-hydroxylation sites is 2. The van der Waals surface area contributed by atoms with Crippen molar-refractivity contribution in [2.45, 2.75) is 10.8 Å². The second-order valence-corrected chi connectivity index (χ2v) is 19.0. The van der Waals surface area contributed by atoms with Crippen LogP contribution in [0.3, 0.4) is 0 Å². The lowest BCUT2D eigenvalue weighted by Crippen LogP contribution is -2.33. The van der Waals surface area contributed by atoms with E-state index in [0.29, 0.717) is 0 Å². The Bertz CT molecular complexity index is 4090. The maximum atomic E-state index is 2.58. The third kappa shape index (κ3) is 4.22. The fraction of sp³-hybridized carbons (Fsp3) is 0.0303. The van der Waals surface area contributed by atoms with Crippen molar-refractivity contribution in [3.8, 4) is 39.1 Å². The molecular formula is C66H40N2. The first-order valence-corrected chi connectivity index (χ1v) is 23.9. The van der Waals surface area contributed by atoms with Crippen molar-refractivity contribution in [2.75, 3.05) is 4.90 Å². The van der Waals surface area contributed by atoms with E-state index in [0.717, 1.165) is 17.1 Å². The van der Waals surface area contributed by atoms with Crippen LogP contribution < -0.4 is 4.90 Å². The van der Waals surface area contributed by atoms with E-state index in [1.165, 1.54) is 116 Å². The minimum atomic E-state index is -0.530. The van der Waals surface area contributed by atoms with E-state index in [-0.39, 0.29) is 0 Å². The van der Waals surface area contributed by atoms with Crippen LogP contribution in [-0.2, 0) is 10.8 Å². The maximum absolute atomic E-state index is 2.58. The summed E-state index contributed by atoms with van der Waals surface area (Å²) < 4.78 is 2.58. The predicted molar refractivity (Wildman–Crippen MR) is 280 cm³/mol. The normalized spacial score (nSPS) is 14.4. The van der Waals surface area contributed by atoms with E-state index in [9.17, 15) is 0 Å². The monoisotopic (exact) mass is 860 g/mol. The topological polar surface area (TPSA) is 8.17 Å². The molecule has 314 valence electrons. The molecule has 12 aromatic rings. The van der Waals surface area contributed by atoms with Crippen molar-refractivity contribution in [1.29, 1.82) is 0 Å². The number of anilines is 3. The molecule has 68 heavy (non-hydrogen) atoms. The lowest BCUT2D eigenvalue weighted by Gasteiger charge is -2.40. The second-order valence-electron chi connectivity index (χ2n) is 19.0. The first kappa shape index (κ1) is 36.5. The van der Waals surface area contributed by atoms with E-state index in [1.54, 1.807) is 0 Å². The molecular weight excluding hydrogens is 821 g/mol. The highest BCUT2D eigenvalue weighted by atomic mass is 15.2. The highest BCUT2D eigenvalue weighted by Gasteiger charge is 2.53. The van der Waals surface area contributed by atoms with Crippen molar-refractivity contribution in [2.24, 2.45) is 0 Å². The number of aromatic nitrogens is 1. The first-order chi connectivity index (χ1) is 33.8. The van der Waals surface area contributed by atoms with Crippen molar-refractivity contribution in [1.82, 2.24) is 4.57 Å². The molecule has 0 saturated heterocycles. The summed E-state index contributed by atoms with van der Waals surface area (Å²) in [7, 11) is 0. The summed E-state index contributed by atoms with van der Waals surface area (Å²) in [4.78, 5) is 2.58. The van der Waals surface area contributed by atoms with Gasteiger partial charge in [0.1, 0.15) is 0 Å². The standard InChI is InChI=1S/C66H40N2/c1-2-20-43-41(18-1)19-15-36-59(43)67(61-37-17-33-57-63(61)50-26-7-13-32-55(50)65(57)51-28-9-3-21-44(51)45-22-4-10-29-52(45)65)42-38-39-56-62(40-42)68-60-35-14-8-25-48(60)49-27-16-34-58(64(49)68)66(56)53-30-11-5-23-46(53)47-24-6-12-31-54(47)66/h1-40H. The molecule has 2 heterocycles. The van der Waals surface area contributed by atoms with E-state index in [1.807, 2.05) is 0 Å². The van der Waals surface area contributed by atoms with Crippen LogP contribution in [0.4, 0.5) is 17.1 Å². The van der Waals surface area contributed by atoms with Gasteiger partial charge in [0.2, 0.25) is 0 Å². The zero-order valence-corrected chi connectivity index (χ0v) is 37.0. The van der Waals surface area contributed by atoms with Gasteiger partial charge in [0.25, 0.3) is 0 Å². The highest BCUT2D eigenvalue weighted by Crippen LogP contribution is 2.66. The summed E-state index contributed by atoms with van der Waals surface area (Å²) in [5.74, 6) is 0. The SMILES string of the molecule is c1ccc2c(c1)-c1ccccc1C21c2ccccc2-c2c(N(c3ccc4c(c3)-n3c5ccccc5c5cccc(c53)C43c4ccccc4-c4ccccc43)c3cccc4ccccc34)cccc21. The molecule has 0 N–H and O–H groups in total. The maximum Gasteiger partial charge on any atom is 0.0754 e. The second kappa shape index (κ2) is 13.0. The van der Waals surface area contributed by atoms with Crippen LogP contribution in [0.2, 0.25) is 0 Å². The smallest absolute Gasteiger partial charge is 0.0754 e. The van der Waals surface area contributed by atoms with Gasteiger partial charge >= 0.3 is 0 Å². The quantitative estimate of drug-likeness (QED) is 0.172. The number of fused-ring (bicyclic) bond motifs is 23. The molecule has 16 rings (SSSR count). The average molecular weight is 861 g/mol. The molecule has 11 aromatic carbocycles. The molecule has 2 heteroatoms. The zero-order chi connectivity index (χ0) is 44.3. The van der Waals surface area contributed by atoms with Crippen molar-refractivity contribution >= 4 is 49.6 Å². The van der Waals surface area contributed by atoms with Gasteiger partial charge in [-0.05, 0) is 108 Å². The molecule has 2 nitrogen and oxygen atoms in total. The summed E-state index contributed by atoms with van der Waals surface area (Å²) in [6.07, 6.45) is 0. The van der Waals surface area contributed by atoms with Crippen molar-refractivity contribution in [3.63, 3.8) is 0 Å². The summed E-state index contributed by atoms with van der Waals surface area (Å²) in [6, 6.07) is 91.8. The Balaban J connectivity index is 1.04. The van der Waals surface area contributed by atoms with Gasteiger partial charge in [-0.1, -0.05) is 212 Å². The molecule has 0 radical (unpaired) electrons. The van der Waals surface area contributed by atoms with Gasteiger partial charge in [-0.15, -0.1) is 0 Å². The predicted octanol–water partition coefficient (Wildman–Crippen LogP) is 16.4. The molecule has 4 aliphatic rings. The average Bonchev–Trinajstić information content (AvgIpc) is 4.10. The van der Waals surface area contributed by atoms with Crippen LogP contribution in [0, 0.1) is 0 Å². The minimum Gasteiger partial charge on any atom is -0.309 e. The van der Waals surface area contributed by atoms with Crippen molar-refractivity contribution < 1.29 is 0 Å². The summed E-state index contributed by atoms with van der Waals surface area (Å²) in [6.45, 7) is 0. The molecule has 0 bridgehead atoms. The fourth-order valence-electron chi connectivity index (χ4n) is 13.8. The number of nitrogens with zero attached hydrogens (tertiary/aromatic N) is 2. The lowest BCUT2D eigenvalue weighted by molar-refractivity contribution is 0.748. The van der Waals surface area contributed by atoms with Crippen molar-refractivity contribution in [3.05, 3.63) is 287 Å². The Morgan fingerprint density at radius 1 is 0.309 bits per heavy atom. The molecule has 0 atom stereocenters. The molecule has 1 aliphatic heterocycles. The van der Waals surface area contributed by atoms with Crippen LogP contribution in [-0.4, -0.2) is 4.57 Å². The van der Waals surface area contributed by atoms with Crippen LogP contribution >= 0.6 is 0 Å². The van der Waals surface area contributed by atoms with Gasteiger partial charge < -0.3 is 9.47 Å². The zero-order valence-electron chi connectivity index (χ0n) is 37.0. The third-order valence-electron chi connectivity index (χ3n) is 16.2. The molecule has 1 aromatic heterocycles. The van der Waals surface area contributed by atoms with Gasteiger partial charge in [0.05, 0.1) is 38.9 Å². The Morgan fingerprint density at radius 3 is 1.44 bits per heavy atom. The number of benzene rings is 11. The molecule has 0 saturated carbocycles. The van der Waals surface area contributed by atoms with E-state index < -0.39 is 10.8 Å². The first-order valence-electron chi connectivity index (χ1n) is 23.9. The van der Waals surface area contributed by atoms with Crippen LogP contribution in [0.25, 0.3) is 71.6 Å². The molecule has 0 unspecified atom stereocenters. The van der Waals surface area contributed by atoms with Crippen LogP contribution in [0.15, 0.2) is 243 Å². The summed E-state index contributed by atoms with van der Waals surface area (Å²) in [5.41, 5.74) is 24.5. The molecule has 2 spiro atoms. The number of hydrogen-bond donors (Lipinski definition) is 0. The van der Waals surface area contributed by atoms with E-state index in [4.69, 9.17) is 0 Å². The number of hydrogen-bond acceptors (Lipinski definition) is 1. The van der Waals surface area contributed by atoms with Gasteiger partial charge in [-0.3, -0.25) is 0 Å². The van der Waals surface area contributed by atoms with Gasteiger partial charge in [0.15, 0.2) is 0 Å². The van der Waals surface area contributed by atoms with Gasteiger partial charge in [0, 0.05) is 27.4 Å². The van der Waals surface area contributed by atoms with E-state index >= 15 is 0 Å². The molecule has 0 fully saturated rings. The van der Waals surface area contributed by atoms with Crippen LogP contribution in [0.5, 0.6) is 0 Å². The molecule has 0 amide bonds. The Hall–Kier alpha value is -8.72. The fourth-order valence-corrected chi connectivity index (χ4v) is 13.8. The largest absolute Gasteiger partial charge is 0.309 e. The van der Waals surface area contributed by atoms with Gasteiger partial charge in [-0.25, -0.2) is 0 Å². The lowest BCUT2D eigenvalue weighted by atomic mass is 9.65. The summed E-state index contributed by atoms with van der Waals surface area (Å²) >= 11 is 0. The Morgan fingerprint density at radius 2 is 0.765 bits per heavy atom. The minimum absolute atomic E-state index is 0.468. The van der Waals surface area contributed by atoms with Crippen LogP contribution in [0.1, 0.15) is 44.5 Å². The number of rotatable bonds is 3. The van der Waals surface area contributed by atoms with Gasteiger partial charge in [-0.2, -0.15) is 0 Å². The Labute approximate surface area is 394 Å². The third-order valence-corrected chi connectivity index (χ3v) is 16.2.